The first kappa shape index (κ1) is 16.1. The van der Waals surface area contributed by atoms with E-state index < -0.39 is 16.1 Å². The second-order valence-corrected chi connectivity index (χ2v) is 6.78. The lowest BCUT2D eigenvalue weighted by Crippen LogP contribution is -2.30. The van der Waals surface area contributed by atoms with Gasteiger partial charge in [-0.15, -0.1) is 0 Å². The minimum Gasteiger partial charge on any atom is -0.393 e. The number of aryl methyl sites for hydroxylation is 1. The van der Waals surface area contributed by atoms with E-state index in [0.29, 0.717) is 18.5 Å². The summed E-state index contributed by atoms with van der Waals surface area (Å²) in [7, 11) is -1.99. The van der Waals surface area contributed by atoms with Crippen molar-refractivity contribution in [3.63, 3.8) is 0 Å². The molecule has 0 fully saturated rings. The average Bonchev–Trinajstić information content (AvgIpc) is 2.35. The summed E-state index contributed by atoms with van der Waals surface area (Å²) >= 11 is 0. The zero-order valence-electron chi connectivity index (χ0n) is 11.6. The second-order valence-electron chi connectivity index (χ2n) is 4.77. The molecule has 0 aliphatic carbocycles. The maximum atomic E-state index is 12.4. The first-order chi connectivity index (χ1) is 8.78. The predicted octanol–water partition coefficient (Wildman–Crippen LogP) is 0.845. The van der Waals surface area contributed by atoms with E-state index in [0.717, 1.165) is 5.56 Å². The Morgan fingerprint density at radius 1 is 1.42 bits per heavy atom. The van der Waals surface area contributed by atoms with Gasteiger partial charge in [-0.05, 0) is 37.5 Å². The Morgan fingerprint density at radius 2 is 2.05 bits per heavy atom. The Morgan fingerprint density at radius 3 is 2.53 bits per heavy atom. The van der Waals surface area contributed by atoms with Gasteiger partial charge in [-0.3, -0.25) is 0 Å². The number of hydrogen-bond donors (Lipinski definition) is 2. The molecule has 0 aliphatic heterocycles. The molecule has 0 bridgehead atoms. The van der Waals surface area contributed by atoms with Crippen molar-refractivity contribution in [2.75, 3.05) is 13.6 Å². The average molecular weight is 286 g/mol. The number of sulfonamides is 1. The summed E-state index contributed by atoms with van der Waals surface area (Å²) < 4.78 is 26.0. The first-order valence-corrected chi connectivity index (χ1v) is 7.67. The molecule has 0 saturated carbocycles. The van der Waals surface area contributed by atoms with Crippen molar-refractivity contribution >= 4 is 10.0 Å². The monoisotopic (exact) mass is 286 g/mol. The third-order valence-electron chi connectivity index (χ3n) is 3.03. The standard InChI is InChI=1S/C13H22N2O3S/c1-10-8-12(9-14)4-5-13(10)19(17,18)15(3)7-6-11(2)16/h4-5,8,11,16H,6-7,9,14H2,1-3H3. The maximum Gasteiger partial charge on any atom is 0.243 e. The van der Waals surface area contributed by atoms with Gasteiger partial charge in [-0.1, -0.05) is 12.1 Å². The zero-order valence-corrected chi connectivity index (χ0v) is 12.4. The summed E-state index contributed by atoms with van der Waals surface area (Å²) in [6, 6.07) is 5.10. The smallest absolute Gasteiger partial charge is 0.243 e. The molecule has 1 aromatic carbocycles. The van der Waals surface area contributed by atoms with Gasteiger partial charge in [-0.2, -0.15) is 0 Å². The molecule has 0 amide bonds. The van der Waals surface area contributed by atoms with Gasteiger partial charge in [0, 0.05) is 20.1 Å². The highest BCUT2D eigenvalue weighted by Crippen LogP contribution is 2.20. The third kappa shape index (κ3) is 4.01. The van der Waals surface area contributed by atoms with E-state index in [1.54, 1.807) is 32.0 Å². The predicted molar refractivity (Wildman–Crippen MR) is 75.2 cm³/mol. The van der Waals surface area contributed by atoms with Crippen LogP contribution < -0.4 is 5.73 Å². The zero-order chi connectivity index (χ0) is 14.6. The third-order valence-corrected chi connectivity index (χ3v) is 5.04. The van der Waals surface area contributed by atoms with Crippen molar-refractivity contribution in [1.82, 2.24) is 4.31 Å². The molecule has 0 radical (unpaired) electrons. The summed E-state index contributed by atoms with van der Waals surface area (Å²) in [6.45, 7) is 4.08. The summed E-state index contributed by atoms with van der Waals surface area (Å²) in [5.74, 6) is 0. The minimum absolute atomic E-state index is 0.290. The molecule has 0 aromatic heterocycles. The molecule has 0 heterocycles. The largest absolute Gasteiger partial charge is 0.393 e. The SMILES string of the molecule is Cc1cc(CN)ccc1S(=O)(=O)N(C)CCC(C)O. The van der Waals surface area contributed by atoms with Crippen LogP contribution >= 0.6 is 0 Å². The van der Waals surface area contributed by atoms with Crippen molar-refractivity contribution in [3.05, 3.63) is 29.3 Å². The van der Waals surface area contributed by atoms with Crippen LogP contribution in [0.4, 0.5) is 0 Å². The van der Waals surface area contributed by atoms with Crippen LogP contribution in [0.15, 0.2) is 23.1 Å². The van der Waals surface area contributed by atoms with Crippen LogP contribution in [0.5, 0.6) is 0 Å². The number of benzene rings is 1. The number of nitrogens with two attached hydrogens (primary N) is 1. The van der Waals surface area contributed by atoms with Crippen molar-refractivity contribution in [3.8, 4) is 0 Å². The molecule has 3 N–H and O–H groups in total. The van der Waals surface area contributed by atoms with Crippen LogP contribution in [-0.4, -0.2) is 37.5 Å². The van der Waals surface area contributed by atoms with Crippen LogP contribution in [-0.2, 0) is 16.6 Å². The van der Waals surface area contributed by atoms with E-state index in [1.165, 1.54) is 11.4 Å². The van der Waals surface area contributed by atoms with E-state index in [-0.39, 0.29) is 11.4 Å². The van der Waals surface area contributed by atoms with Crippen LogP contribution in [0.25, 0.3) is 0 Å². The maximum absolute atomic E-state index is 12.4. The van der Waals surface area contributed by atoms with Crippen LogP contribution in [0.2, 0.25) is 0 Å². The van der Waals surface area contributed by atoms with Gasteiger partial charge in [0.1, 0.15) is 0 Å². The van der Waals surface area contributed by atoms with Gasteiger partial charge < -0.3 is 10.8 Å². The molecule has 0 aliphatic rings. The van der Waals surface area contributed by atoms with E-state index in [4.69, 9.17) is 5.73 Å². The fraction of sp³-hybridized carbons (Fsp3) is 0.538. The molecule has 1 aromatic rings. The number of hydrogen-bond acceptors (Lipinski definition) is 4. The lowest BCUT2D eigenvalue weighted by molar-refractivity contribution is 0.177. The Kier molecular flexibility index (Phi) is 5.49. The fourth-order valence-corrected chi connectivity index (χ4v) is 3.17. The van der Waals surface area contributed by atoms with Crippen molar-refractivity contribution < 1.29 is 13.5 Å². The normalized spacial score (nSPS) is 13.8. The molecule has 5 nitrogen and oxygen atoms in total. The van der Waals surface area contributed by atoms with E-state index in [1.807, 2.05) is 0 Å². The topological polar surface area (TPSA) is 83.6 Å². The summed E-state index contributed by atoms with van der Waals surface area (Å²) in [5.41, 5.74) is 7.12. The van der Waals surface area contributed by atoms with Gasteiger partial charge in [0.2, 0.25) is 10.0 Å². The molecular formula is C13H22N2O3S. The second kappa shape index (κ2) is 6.47. The molecule has 6 heteroatoms. The first-order valence-electron chi connectivity index (χ1n) is 6.23. The Balaban J connectivity index is 2.99. The molecule has 1 atom stereocenters. The van der Waals surface area contributed by atoms with Gasteiger partial charge in [0.25, 0.3) is 0 Å². The molecule has 0 spiro atoms. The fourth-order valence-electron chi connectivity index (χ4n) is 1.78. The minimum atomic E-state index is -3.51. The number of aliphatic hydroxyl groups excluding tert-OH is 1. The molecule has 19 heavy (non-hydrogen) atoms. The lowest BCUT2D eigenvalue weighted by atomic mass is 10.1. The number of nitrogens with zero attached hydrogens (tertiary/aromatic N) is 1. The highest BCUT2D eigenvalue weighted by Gasteiger charge is 2.22. The van der Waals surface area contributed by atoms with Crippen LogP contribution in [0.1, 0.15) is 24.5 Å². The van der Waals surface area contributed by atoms with E-state index >= 15 is 0 Å². The van der Waals surface area contributed by atoms with Crippen LogP contribution in [0, 0.1) is 6.92 Å². The van der Waals surface area contributed by atoms with Gasteiger partial charge in [0.15, 0.2) is 0 Å². The molecule has 0 saturated heterocycles. The molecular weight excluding hydrogens is 264 g/mol. The van der Waals surface area contributed by atoms with Crippen molar-refractivity contribution in [2.45, 2.75) is 37.8 Å². The van der Waals surface area contributed by atoms with Crippen LogP contribution in [0.3, 0.4) is 0 Å². The molecule has 108 valence electrons. The Hall–Kier alpha value is -0.950. The van der Waals surface area contributed by atoms with Gasteiger partial charge in [-0.25, -0.2) is 12.7 Å². The Labute approximate surface area is 115 Å². The van der Waals surface area contributed by atoms with Gasteiger partial charge >= 0.3 is 0 Å². The Bertz CT molecular complexity index is 527. The van der Waals surface area contributed by atoms with Crippen molar-refractivity contribution in [2.24, 2.45) is 5.73 Å². The summed E-state index contributed by atoms with van der Waals surface area (Å²) in [6.07, 6.45) is -0.103. The van der Waals surface area contributed by atoms with Gasteiger partial charge in [0.05, 0.1) is 11.0 Å². The summed E-state index contributed by atoms with van der Waals surface area (Å²) in [4.78, 5) is 0.290. The molecule has 1 rings (SSSR count). The number of aliphatic hydroxyl groups is 1. The van der Waals surface area contributed by atoms with Crippen molar-refractivity contribution in [1.29, 1.82) is 0 Å². The number of rotatable bonds is 6. The van der Waals surface area contributed by atoms with E-state index in [2.05, 4.69) is 0 Å². The van der Waals surface area contributed by atoms with E-state index in [9.17, 15) is 13.5 Å². The quantitative estimate of drug-likeness (QED) is 0.812. The lowest BCUT2D eigenvalue weighted by Gasteiger charge is -2.19. The highest BCUT2D eigenvalue weighted by atomic mass is 32.2. The highest BCUT2D eigenvalue weighted by molar-refractivity contribution is 7.89. The molecule has 1 unspecified atom stereocenters. The summed E-state index contributed by atoms with van der Waals surface area (Å²) in [5, 5.41) is 9.23.